The highest BCUT2D eigenvalue weighted by molar-refractivity contribution is 7.91. The largest absolute Gasteiger partial charge is 0.453 e. The maximum atomic E-state index is 11.6. The maximum Gasteiger partial charge on any atom is 0.411 e. The van der Waals surface area contributed by atoms with Gasteiger partial charge in [0.05, 0.1) is 18.6 Å². The van der Waals surface area contributed by atoms with E-state index in [1.54, 1.807) is 12.1 Å². The van der Waals surface area contributed by atoms with E-state index in [1.165, 1.54) is 7.11 Å². The first-order valence-corrected chi connectivity index (χ1v) is 8.69. The number of methoxy groups -OCH3 is 1. The summed E-state index contributed by atoms with van der Waals surface area (Å²) in [7, 11) is -1.59. The molecular weight excluding hydrogens is 292 g/mol. The van der Waals surface area contributed by atoms with E-state index in [4.69, 9.17) is 0 Å². The molecule has 1 aliphatic heterocycles. The predicted octanol–water partition coefficient (Wildman–Crippen LogP) is 1.88. The highest BCUT2D eigenvalue weighted by Crippen LogP contribution is 2.25. The number of carbonyl (C=O) groups is 1. The van der Waals surface area contributed by atoms with Crippen molar-refractivity contribution < 1.29 is 17.9 Å². The molecule has 0 aromatic heterocycles. The molecule has 1 saturated heterocycles. The summed E-state index contributed by atoms with van der Waals surface area (Å²) in [5.41, 5.74) is 1.59. The molecule has 116 valence electrons. The minimum absolute atomic E-state index is 0.0272. The Kier molecular flexibility index (Phi) is 4.72. The third-order valence-electron chi connectivity index (χ3n) is 3.62. The number of nitrogens with one attached hydrogen (secondary N) is 1. The van der Waals surface area contributed by atoms with Crippen LogP contribution in [-0.4, -0.2) is 45.7 Å². The molecule has 2 rings (SSSR count). The van der Waals surface area contributed by atoms with Crippen LogP contribution < -0.4 is 10.2 Å². The number of rotatable bonds is 4. The van der Waals surface area contributed by atoms with Crippen LogP contribution in [0.5, 0.6) is 0 Å². The van der Waals surface area contributed by atoms with Crippen molar-refractivity contribution in [3.05, 3.63) is 24.3 Å². The molecule has 1 aromatic carbocycles. The van der Waals surface area contributed by atoms with Crippen molar-refractivity contribution in [3.63, 3.8) is 0 Å². The number of carbonyl (C=O) groups excluding carboxylic acids is 1. The zero-order valence-electron chi connectivity index (χ0n) is 12.2. The third kappa shape index (κ3) is 3.87. The van der Waals surface area contributed by atoms with E-state index in [0.717, 1.165) is 12.2 Å². The van der Waals surface area contributed by atoms with E-state index in [1.807, 2.05) is 19.1 Å². The summed E-state index contributed by atoms with van der Waals surface area (Å²) >= 11 is 0. The topological polar surface area (TPSA) is 75.7 Å². The van der Waals surface area contributed by atoms with Crippen LogP contribution in [-0.2, 0) is 14.6 Å². The summed E-state index contributed by atoms with van der Waals surface area (Å²) in [5.74, 6) is 0.471. The number of anilines is 2. The molecule has 1 unspecified atom stereocenters. The Bertz CT molecular complexity index is 598. The molecule has 1 atom stereocenters. The van der Waals surface area contributed by atoms with Crippen molar-refractivity contribution in [2.75, 3.05) is 35.4 Å². The lowest BCUT2D eigenvalue weighted by atomic mass is 10.2. The average molecular weight is 312 g/mol. The van der Waals surface area contributed by atoms with Gasteiger partial charge in [-0.15, -0.1) is 0 Å². The van der Waals surface area contributed by atoms with Crippen LogP contribution >= 0.6 is 0 Å². The Labute approximate surface area is 125 Å². The molecule has 1 heterocycles. The molecule has 0 radical (unpaired) electrons. The first-order chi connectivity index (χ1) is 9.95. The van der Waals surface area contributed by atoms with Gasteiger partial charge in [-0.05, 0) is 37.6 Å². The van der Waals surface area contributed by atoms with Gasteiger partial charge in [0.15, 0.2) is 9.84 Å². The van der Waals surface area contributed by atoms with Gasteiger partial charge in [-0.3, -0.25) is 5.32 Å². The fourth-order valence-corrected chi connectivity index (χ4v) is 4.31. The van der Waals surface area contributed by atoms with Crippen LogP contribution in [0.25, 0.3) is 0 Å². The van der Waals surface area contributed by atoms with E-state index in [2.05, 4.69) is 15.0 Å². The summed E-state index contributed by atoms with van der Waals surface area (Å²) in [6, 6.07) is 7.33. The first kappa shape index (κ1) is 15.6. The summed E-state index contributed by atoms with van der Waals surface area (Å²) < 4.78 is 27.8. The number of sulfone groups is 1. The van der Waals surface area contributed by atoms with E-state index < -0.39 is 15.9 Å². The van der Waals surface area contributed by atoms with Crippen LogP contribution in [0.15, 0.2) is 24.3 Å². The molecule has 0 spiro atoms. The maximum absolute atomic E-state index is 11.6. The van der Waals surface area contributed by atoms with Crippen molar-refractivity contribution in [1.29, 1.82) is 0 Å². The number of hydrogen-bond acceptors (Lipinski definition) is 5. The smallest absolute Gasteiger partial charge is 0.411 e. The normalized spacial score (nSPS) is 20.0. The van der Waals surface area contributed by atoms with Gasteiger partial charge in [-0.2, -0.15) is 0 Å². The van der Waals surface area contributed by atoms with E-state index in [0.29, 0.717) is 12.1 Å². The lowest BCUT2D eigenvalue weighted by molar-refractivity contribution is 0.187. The quantitative estimate of drug-likeness (QED) is 0.918. The SMILES string of the molecule is CCN(c1ccc(NC(=O)OC)cc1)C1CCS(=O)(=O)C1. The van der Waals surface area contributed by atoms with Crippen LogP contribution in [0.1, 0.15) is 13.3 Å². The van der Waals surface area contributed by atoms with Crippen LogP contribution in [0.3, 0.4) is 0 Å². The number of ether oxygens (including phenoxy) is 1. The monoisotopic (exact) mass is 312 g/mol. The van der Waals surface area contributed by atoms with E-state index in [9.17, 15) is 13.2 Å². The summed E-state index contributed by atoms with van der Waals surface area (Å²) in [6.45, 7) is 2.75. The fourth-order valence-electron chi connectivity index (χ4n) is 2.58. The van der Waals surface area contributed by atoms with Crippen LogP contribution in [0.4, 0.5) is 16.2 Å². The highest BCUT2D eigenvalue weighted by Gasteiger charge is 2.31. The molecule has 1 amide bonds. The van der Waals surface area contributed by atoms with E-state index >= 15 is 0 Å². The van der Waals surface area contributed by atoms with Gasteiger partial charge < -0.3 is 9.64 Å². The zero-order valence-corrected chi connectivity index (χ0v) is 13.0. The molecule has 7 heteroatoms. The second kappa shape index (κ2) is 6.34. The molecule has 0 aliphatic carbocycles. The van der Waals surface area contributed by atoms with E-state index in [-0.39, 0.29) is 17.5 Å². The summed E-state index contributed by atoms with van der Waals surface area (Å²) in [4.78, 5) is 13.2. The van der Waals surface area contributed by atoms with Gasteiger partial charge in [0, 0.05) is 24.0 Å². The summed E-state index contributed by atoms with van der Waals surface area (Å²) in [5, 5.41) is 2.58. The Hall–Kier alpha value is -1.76. The van der Waals surface area contributed by atoms with Crippen molar-refractivity contribution in [2.24, 2.45) is 0 Å². The Morgan fingerprint density at radius 3 is 2.52 bits per heavy atom. The van der Waals surface area contributed by atoms with Gasteiger partial charge in [-0.1, -0.05) is 0 Å². The second-order valence-corrected chi connectivity index (χ2v) is 7.24. The zero-order chi connectivity index (χ0) is 15.5. The lowest BCUT2D eigenvalue weighted by Crippen LogP contribution is -2.36. The Morgan fingerprint density at radius 1 is 1.38 bits per heavy atom. The standard InChI is InChI=1S/C14H20N2O4S/c1-3-16(13-8-9-21(18,19)10-13)12-6-4-11(5-7-12)15-14(17)20-2/h4-7,13H,3,8-10H2,1-2H3,(H,15,17). The van der Waals surface area contributed by atoms with Gasteiger partial charge >= 0.3 is 6.09 Å². The number of nitrogens with zero attached hydrogens (tertiary/aromatic N) is 1. The third-order valence-corrected chi connectivity index (χ3v) is 5.37. The molecule has 0 bridgehead atoms. The molecular formula is C14H20N2O4S. The predicted molar refractivity (Wildman–Crippen MR) is 82.5 cm³/mol. The molecule has 1 aromatic rings. The molecule has 1 N–H and O–H groups in total. The van der Waals surface area contributed by atoms with Crippen molar-refractivity contribution in [1.82, 2.24) is 0 Å². The molecule has 6 nitrogen and oxygen atoms in total. The highest BCUT2D eigenvalue weighted by atomic mass is 32.2. The molecule has 21 heavy (non-hydrogen) atoms. The van der Waals surface area contributed by atoms with Crippen molar-refractivity contribution in [2.45, 2.75) is 19.4 Å². The van der Waals surface area contributed by atoms with Gasteiger partial charge in [-0.25, -0.2) is 13.2 Å². The Balaban J connectivity index is 2.10. The lowest BCUT2D eigenvalue weighted by Gasteiger charge is -2.29. The second-order valence-electron chi connectivity index (χ2n) is 5.01. The van der Waals surface area contributed by atoms with Crippen LogP contribution in [0.2, 0.25) is 0 Å². The molecule has 1 fully saturated rings. The van der Waals surface area contributed by atoms with Crippen molar-refractivity contribution in [3.8, 4) is 0 Å². The minimum atomic E-state index is -2.90. The first-order valence-electron chi connectivity index (χ1n) is 6.87. The van der Waals surface area contributed by atoms with Gasteiger partial charge in [0.2, 0.25) is 0 Å². The molecule has 0 saturated carbocycles. The van der Waals surface area contributed by atoms with Crippen LogP contribution in [0, 0.1) is 0 Å². The summed E-state index contributed by atoms with van der Waals surface area (Å²) in [6.07, 6.45) is 0.148. The number of benzene rings is 1. The number of amides is 1. The minimum Gasteiger partial charge on any atom is -0.453 e. The van der Waals surface area contributed by atoms with Crippen molar-refractivity contribution >= 4 is 27.3 Å². The Morgan fingerprint density at radius 2 is 2.05 bits per heavy atom. The van der Waals surface area contributed by atoms with Gasteiger partial charge in [0.25, 0.3) is 0 Å². The fraction of sp³-hybridized carbons (Fsp3) is 0.500. The molecule has 1 aliphatic rings. The van der Waals surface area contributed by atoms with Gasteiger partial charge in [0.1, 0.15) is 0 Å². The average Bonchev–Trinajstić information content (AvgIpc) is 2.81. The number of hydrogen-bond donors (Lipinski definition) is 1.